The van der Waals surface area contributed by atoms with Gasteiger partial charge in [-0.05, 0) is 23.8 Å². The Morgan fingerprint density at radius 1 is 0.889 bits per heavy atom. The lowest BCUT2D eigenvalue weighted by Gasteiger charge is -2.28. The van der Waals surface area contributed by atoms with E-state index in [9.17, 15) is 9.59 Å². The predicted octanol–water partition coefficient (Wildman–Crippen LogP) is 2.81. The number of ether oxygens (including phenoxy) is 4. The fraction of sp³-hybridized carbons (Fsp3) is 0.333. The third-order valence-corrected chi connectivity index (χ3v) is 6.72. The molecule has 2 aliphatic rings. The van der Waals surface area contributed by atoms with Gasteiger partial charge in [-0.3, -0.25) is 19.4 Å². The Hall–Kier alpha value is -3.82. The number of aromatic amines is 1. The van der Waals surface area contributed by atoms with Crippen molar-refractivity contribution in [2.45, 2.75) is 0 Å². The first kappa shape index (κ1) is 23.9. The van der Waals surface area contributed by atoms with Gasteiger partial charge >= 0.3 is 0 Å². The molecular weight excluding hydrogens is 462 g/mol. The normalized spacial score (nSPS) is 16.8. The van der Waals surface area contributed by atoms with Gasteiger partial charge in [-0.2, -0.15) is 0 Å². The number of benzene rings is 2. The number of amides is 2. The van der Waals surface area contributed by atoms with Gasteiger partial charge in [-0.25, -0.2) is 0 Å². The lowest BCUT2D eigenvalue weighted by molar-refractivity contribution is -0.136. The van der Waals surface area contributed by atoms with E-state index in [0.717, 1.165) is 24.0 Å². The summed E-state index contributed by atoms with van der Waals surface area (Å²) >= 11 is 0. The van der Waals surface area contributed by atoms with Crippen molar-refractivity contribution >= 4 is 33.9 Å². The first-order valence-electron chi connectivity index (χ1n) is 11.8. The smallest absolute Gasteiger partial charge is 0.262 e. The topological polar surface area (TPSA) is 93.3 Å². The maximum Gasteiger partial charge on any atom is 0.262 e. The van der Waals surface area contributed by atoms with Crippen LogP contribution in [0.2, 0.25) is 0 Å². The van der Waals surface area contributed by atoms with Crippen LogP contribution in [0.4, 0.5) is 0 Å². The molecule has 0 aliphatic carbocycles. The van der Waals surface area contributed by atoms with E-state index in [0.29, 0.717) is 59.3 Å². The minimum Gasteiger partial charge on any atom is -0.493 e. The van der Waals surface area contributed by atoms with Crippen LogP contribution in [0.25, 0.3) is 22.0 Å². The highest BCUT2D eigenvalue weighted by Crippen LogP contribution is 2.44. The van der Waals surface area contributed by atoms with Gasteiger partial charge in [0.15, 0.2) is 11.5 Å². The van der Waals surface area contributed by atoms with Crippen molar-refractivity contribution in [3.05, 3.63) is 53.7 Å². The quantitative estimate of drug-likeness (QED) is 0.485. The van der Waals surface area contributed by atoms with E-state index in [4.69, 9.17) is 18.9 Å². The molecule has 0 spiro atoms. The standard InChI is InChI=1S/C27H29N3O6/c1-33-21-14-17(15-22(34-2)25(21)35-3)23-24(19-16-28-20-7-5-4-6-18(19)20)27(32)30(26(23)31)9-8-29-10-12-36-13-11-29/h4-7,14-16,28H,8-13H2,1-3H3. The molecule has 2 aromatic carbocycles. The van der Waals surface area contributed by atoms with E-state index in [2.05, 4.69) is 9.88 Å². The molecule has 2 aliphatic heterocycles. The lowest BCUT2D eigenvalue weighted by Crippen LogP contribution is -2.43. The minimum atomic E-state index is -0.345. The van der Waals surface area contributed by atoms with E-state index in [1.165, 1.54) is 26.2 Å². The third-order valence-electron chi connectivity index (χ3n) is 6.72. The molecule has 0 bridgehead atoms. The molecule has 0 unspecified atom stereocenters. The van der Waals surface area contributed by atoms with Crippen molar-refractivity contribution in [1.82, 2.24) is 14.8 Å². The van der Waals surface area contributed by atoms with E-state index >= 15 is 0 Å². The first-order valence-corrected chi connectivity index (χ1v) is 11.8. The number of H-pyrrole nitrogens is 1. The zero-order chi connectivity index (χ0) is 25.2. The third kappa shape index (κ3) is 4.10. The summed E-state index contributed by atoms with van der Waals surface area (Å²) < 4.78 is 21.9. The number of fused-ring (bicyclic) bond motifs is 1. The van der Waals surface area contributed by atoms with Crippen LogP contribution in [0, 0.1) is 0 Å². The van der Waals surface area contributed by atoms with Crippen molar-refractivity contribution in [1.29, 1.82) is 0 Å². The van der Waals surface area contributed by atoms with Crippen LogP contribution < -0.4 is 14.2 Å². The molecular formula is C27H29N3O6. The highest BCUT2D eigenvalue weighted by Gasteiger charge is 2.41. The van der Waals surface area contributed by atoms with Crippen molar-refractivity contribution in [2.75, 3.05) is 60.7 Å². The Labute approximate surface area is 209 Å². The van der Waals surface area contributed by atoms with Gasteiger partial charge in [0, 0.05) is 48.8 Å². The number of hydrogen-bond donors (Lipinski definition) is 1. The second-order valence-electron chi connectivity index (χ2n) is 8.63. The summed E-state index contributed by atoms with van der Waals surface area (Å²) in [4.78, 5) is 34.5. The van der Waals surface area contributed by atoms with Gasteiger partial charge in [-0.1, -0.05) is 18.2 Å². The second kappa shape index (κ2) is 10.0. The van der Waals surface area contributed by atoms with Crippen molar-refractivity contribution in [3.63, 3.8) is 0 Å². The number of para-hydroxylation sites is 1. The number of imide groups is 1. The molecule has 0 atom stereocenters. The molecule has 3 heterocycles. The number of rotatable bonds is 8. The van der Waals surface area contributed by atoms with Gasteiger partial charge < -0.3 is 23.9 Å². The van der Waals surface area contributed by atoms with Crippen LogP contribution in [-0.4, -0.2) is 87.3 Å². The average molecular weight is 492 g/mol. The first-order chi connectivity index (χ1) is 17.6. The summed E-state index contributed by atoms with van der Waals surface area (Å²) in [6.07, 6.45) is 1.79. The molecule has 1 aromatic heterocycles. The number of methoxy groups -OCH3 is 3. The molecule has 1 N–H and O–H groups in total. The van der Waals surface area contributed by atoms with E-state index in [-0.39, 0.29) is 18.4 Å². The van der Waals surface area contributed by atoms with Crippen LogP contribution in [-0.2, 0) is 14.3 Å². The van der Waals surface area contributed by atoms with Crippen LogP contribution in [0.15, 0.2) is 42.6 Å². The van der Waals surface area contributed by atoms with Crippen LogP contribution in [0.5, 0.6) is 17.2 Å². The van der Waals surface area contributed by atoms with Crippen molar-refractivity contribution in [3.8, 4) is 17.2 Å². The summed E-state index contributed by atoms with van der Waals surface area (Å²) in [6.45, 7) is 3.73. The Kier molecular flexibility index (Phi) is 6.67. The SMILES string of the molecule is COc1cc(C2=C(c3c[nH]c4ccccc34)C(=O)N(CCN3CCOCC3)C2=O)cc(OC)c1OC. The molecule has 0 radical (unpaired) electrons. The fourth-order valence-corrected chi connectivity index (χ4v) is 4.87. The molecule has 188 valence electrons. The molecule has 1 saturated heterocycles. The van der Waals surface area contributed by atoms with Gasteiger partial charge in [0.05, 0.1) is 45.7 Å². The van der Waals surface area contributed by atoms with Crippen LogP contribution >= 0.6 is 0 Å². The highest BCUT2D eigenvalue weighted by molar-refractivity contribution is 6.49. The maximum atomic E-state index is 13.9. The van der Waals surface area contributed by atoms with Crippen LogP contribution in [0.1, 0.15) is 11.1 Å². The Bertz CT molecular complexity index is 1310. The zero-order valence-corrected chi connectivity index (χ0v) is 20.6. The van der Waals surface area contributed by atoms with E-state index in [1.54, 1.807) is 18.3 Å². The second-order valence-corrected chi connectivity index (χ2v) is 8.63. The number of aromatic nitrogens is 1. The Morgan fingerprint density at radius 2 is 1.56 bits per heavy atom. The number of nitrogens with zero attached hydrogens (tertiary/aromatic N) is 2. The molecule has 2 amide bonds. The molecule has 36 heavy (non-hydrogen) atoms. The summed E-state index contributed by atoms with van der Waals surface area (Å²) in [7, 11) is 4.56. The molecule has 1 fully saturated rings. The number of nitrogens with one attached hydrogen (secondary N) is 1. The van der Waals surface area contributed by atoms with Gasteiger partial charge in [0.1, 0.15) is 0 Å². The van der Waals surface area contributed by atoms with Gasteiger partial charge in [-0.15, -0.1) is 0 Å². The predicted molar refractivity (Wildman–Crippen MR) is 135 cm³/mol. The number of hydrogen-bond acceptors (Lipinski definition) is 7. The van der Waals surface area contributed by atoms with E-state index < -0.39 is 0 Å². The van der Waals surface area contributed by atoms with Gasteiger partial charge in [0.2, 0.25) is 5.75 Å². The summed E-state index contributed by atoms with van der Waals surface area (Å²) in [6, 6.07) is 11.1. The summed E-state index contributed by atoms with van der Waals surface area (Å²) in [5.41, 5.74) is 2.76. The Balaban J connectivity index is 1.63. The number of carbonyl (C=O) groups is 2. The maximum absolute atomic E-state index is 13.9. The lowest BCUT2D eigenvalue weighted by atomic mass is 9.95. The molecule has 9 heteroatoms. The molecule has 5 rings (SSSR count). The Morgan fingerprint density at radius 3 is 2.22 bits per heavy atom. The van der Waals surface area contributed by atoms with Crippen molar-refractivity contribution in [2.24, 2.45) is 0 Å². The molecule has 3 aromatic rings. The van der Waals surface area contributed by atoms with Crippen molar-refractivity contribution < 1.29 is 28.5 Å². The number of carbonyl (C=O) groups excluding carboxylic acids is 2. The number of morpholine rings is 1. The molecule has 9 nitrogen and oxygen atoms in total. The van der Waals surface area contributed by atoms with E-state index in [1.807, 2.05) is 24.3 Å². The van der Waals surface area contributed by atoms with Gasteiger partial charge in [0.25, 0.3) is 11.8 Å². The monoisotopic (exact) mass is 491 g/mol. The minimum absolute atomic E-state index is 0.289. The zero-order valence-electron chi connectivity index (χ0n) is 20.6. The summed E-state index contributed by atoms with van der Waals surface area (Å²) in [5, 5.41) is 0.869. The fourth-order valence-electron chi connectivity index (χ4n) is 4.87. The van der Waals surface area contributed by atoms with Crippen LogP contribution in [0.3, 0.4) is 0 Å². The summed E-state index contributed by atoms with van der Waals surface area (Å²) in [5.74, 6) is 0.567. The highest BCUT2D eigenvalue weighted by atomic mass is 16.5. The molecule has 0 saturated carbocycles. The average Bonchev–Trinajstić information content (AvgIpc) is 3.44. The largest absolute Gasteiger partial charge is 0.493 e.